The highest BCUT2D eigenvalue weighted by atomic mass is 16.5. The number of hydrogen-bond acceptors (Lipinski definition) is 5. The normalized spacial score (nSPS) is 16.5. The number of phenolic OH excluding ortho intramolecular Hbond substituents is 2. The summed E-state index contributed by atoms with van der Waals surface area (Å²) in [5.41, 5.74) is 2.87. The number of fused-ring (bicyclic) bond motifs is 3. The number of hydrogen-bond donors (Lipinski definition) is 2. The Kier molecular flexibility index (Phi) is 4.02. The van der Waals surface area contributed by atoms with E-state index in [1.807, 2.05) is 51.1 Å². The summed E-state index contributed by atoms with van der Waals surface area (Å²) in [7, 11) is 0. The van der Waals surface area contributed by atoms with Crippen molar-refractivity contribution in [3.05, 3.63) is 47.0 Å². The van der Waals surface area contributed by atoms with Crippen LogP contribution < -0.4 is 14.2 Å². The molecule has 0 unspecified atom stereocenters. The Bertz CT molecular complexity index is 969. The Balaban J connectivity index is 1.76. The average molecular weight is 366 g/mol. The van der Waals surface area contributed by atoms with Crippen LogP contribution in [0, 0.1) is 0 Å². The van der Waals surface area contributed by atoms with Crippen LogP contribution in [0.15, 0.2) is 30.3 Å². The standard InChI is InChI=1S/C22H22O5/c1-4-25-20-10-16(17(23)11-18(20)24)14-9-13-5-6-19-15(21(13)26-12-14)7-8-22(2,3)27-19/h5-11,23-24H,4,12H2,1-3H3. The van der Waals surface area contributed by atoms with Crippen LogP contribution in [0.1, 0.15) is 37.5 Å². The second-order valence-corrected chi connectivity index (χ2v) is 7.16. The van der Waals surface area contributed by atoms with Gasteiger partial charge in [-0.2, -0.15) is 0 Å². The largest absolute Gasteiger partial charge is 0.507 e. The number of aromatic hydroxyl groups is 2. The van der Waals surface area contributed by atoms with Gasteiger partial charge in [0.2, 0.25) is 0 Å². The molecule has 140 valence electrons. The predicted molar refractivity (Wildman–Crippen MR) is 104 cm³/mol. The molecule has 5 nitrogen and oxygen atoms in total. The van der Waals surface area contributed by atoms with Crippen molar-refractivity contribution in [2.24, 2.45) is 0 Å². The van der Waals surface area contributed by atoms with E-state index in [0.717, 1.165) is 28.2 Å². The molecule has 2 aromatic carbocycles. The summed E-state index contributed by atoms with van der Waals surface area (Å²) in [5.74, 6) is 1.79. The van der Waals surface area contributed by atoms with Crippen LogP contribution in [0.25, 0.3) is 17.7 Å². The summed E-state index contributed by atoms with van der Waals surface area (Å²) >= 11 is 0. The maximum absolute atomic E-state index is 10.3. The van der Waals surface area contributed by atoms with Crippen LogP contribution >= 0.6 is 0 Å². The highest BCUT2D eigenvalue weighted by Crippen LogP contribution is 2.44. The maximum Gasteiger partial charge on any atom is 0.161 e. The monoisotopic (exact) mass is 366 g/mol. The van der Waals surface area contributed by atoms with E-state index in [4.69, 9.17) is 14.2 Å². The van der Waals surface area contributed by atoms with Gasteiger partial charge >= 0.3 is 0 Å². The molecule has 0 amide bonds. The molecule has 0 atom stereocenters. The van der Waals surface area contributed by atoms with Crippen molar-refractivity contribution in [1.82, 2.24) is 0 Å². The molecular weight excluding hydrogens is 344 g/mol. The van der Waals surface area contributed by atoms with Crippen LogP contribution in [-0.4, -0.2) is 29.0 Å². The summed E-state index contributed by atoms with van der Waals surface area (Å²) in [4.78, 5) is 0. The molecule has 0 radical (unpaired) electrons. The third-order valence-electron chi connectivity index (χ3n) is 4.64. The van der Waals surface area contributed by atoms with Gasteiger partial charge in [0.05, 0.1) is 12.2 Å². The van der Waals surface area contributed by atoms with Gasteiger partial charge in [-0.3, -0.25) is 0 Å². The molecule has 0 bridgehead atoms. The van der Waals surface area contributed by atoms with Gasteiger partial charge in [-0.25, -0.2) is 0 Å². The van der Waals surface area contributed by atoms with Crippen LogP contribution in [-0.2, 0) is 0 Å². The van der Waals surface area contributed by atoms with E-state index >= 15 is 0 Å². The van der Waals surface area contributed by atoms with Gasteiger partial charge in [0.25, 0.3) is 0 Å². The molecule has 5 heteroatoms. The lowest BCUT2D eigenvalue weighted by Gasteiger charge is -2.30. The third-order valence-corrected chi connectivity index (χ3v) is 4.64. The van der Waals surface area contributed by atoms with E-state index in [2.05, 4.69) is 0 Å². The zero-order chi connectivity index (χ0) is 19.2. The lowest BCUT2D eigenvalue weighted by Crippen LogP contribution is -2.27. The van der Waals surface area contributed by atoms with Crippen molar-refractivity contribution in [3.63, 3.8) is 0 Å². The van der Waals surface area contributed by atoms with Crippen molar-refractivity contribution < 1.29 is 24.4 Å². The zero-order valence-corrected chi connectivity index (χ0v) is 15.6. The first-order valence-corrected chi connectivity index (χ1v) is 8.96. The van der Waals surface area contributed by atoms with Crippen LogP contribution in [0.3, 0.4) is 0 Å². The van der Waals surface area contributed by atoms with E-state index in [9.17, 15) is 10.2 Å². The fourth-order valence-electron chi connectivity index (χ4n) is 3.34. The highest BCUT2D eigenvalue weighted by molar-refractivity contribution is 5.90. The number of phenols is 2. The van der Waals surface area contributed by atoms with Crippen LogP contribution in [0.4, 0.5) is 0 Å². The zero-order valence-electron chi connectivity index (χ0n) is 15.6. The Labute approximate surface area is 158 Å². The summed E-state index contributed by atoms with van der Waals surface area (Å²) in [5, 5.41) is 20.2. The number of benzene rings is 2. The molecule has 2 aliphatic heterocycles. The lowest BCUT2D eigenvalue weighted by molar-refractivity contribution is 0.158. The third kappa shape index (κ3) is 3.10. The van der Waals surface area contributed by atoms with Gasteiger partial charge in [0.15, 0.2) is 11.5 Å². The number of rotatable bonds is 3. The second kappa shape index (κ2) is 6.27. The minimum absolute atomic E-state index is 0.0165. The van der Waals surface area contributed by atoms with Crippen LogP contribution in [0.2, 0.25) is 0 Å². The van der Waals surface area contributed by atoms with Gasteiger partial charge < -0.3 is 24.4 Å². The van der Waals surface area contributed by atoms with E-state index in [-0.39, 0.29) is 17.1 Å². The van der Waals surface area contributed by atoms with E-state index in [0.29, 0.717) is 24.5 Å². The summed E-state index contributed by atoms with van der Waals surface area (Å²) in [6.45, 7) is 6.57. The van der Waals surface area contributed by atoms with Crippen molar-refractivity contribution >= 4 is 17.7 Å². The Morgan fingerprint density at radius 1 is 1.15 bits per heavy atom. The van der Waals surface area contributed by atoms with E-state index in [1.165, 1.54) is 6.07 Å². The van der Waals surface area contributed by atoms with Gasteiger partial charge in [-0.15, -0.1) is 0 Å². The molecule has 0 aliphatic carbocycles. The van der Waals surface area contributed by atoms with E-state index in [1.54, 1.807) is 6.07 Å². The summed E-state index contributed by atoms with van der Waals surface area (Å²) < 4.78 is 17.5. The Morgan fingerprint density at radius 2 is 1.96 bits per heavy atom. The fourth-order valence-corrected chi connectivity index (χ4v) is 3.34. The van der Waals surface area contributed by atoms with Gasteiger partial charge in [-0.05, 0) is 57.2 Å². The minimum Gasteiger partial charge on any atom is -0.507 e. The Morgan fingerprint density at radius 3 is 2.74 bits per heavy atom. The molecule has 2 aromatic rings. The minimum atomic E-state index is -0.343. The maximum atomic E-state index is 10.3. The first-order chi connectivity index (χ1) is 12.9. The molecule has 0 saturated carbocycles. The van der Waals surface area contributed by atoms with Crippen LogP contribution in [0.5, 0.6) is 28.7 Å². The molecular formula is C22H22O5. The van der Waals surface area contributed by atoms with Gasteiger partial charge in [0.1, 0.15) is 29.5 Å². The number of ether oxygens (including phenoxy) is 3. The first kappa shape index (κ1) is 17.3. The van der Waals surface area contributed by atoms with Crippen molar-refractivity contribution in [2.45, 2.75) is 26.4 Å². The topological polar surface area (TPSA) is 68.2 Å². The summed E-state index contributed by atoms with van der Waals surface area (Å²) in [6, 6.07) is 6.81. The van der Waals surface area contributed by atoms with Gasteiger partial charge in [-0.1, -0.05) is 0 Å². The molecule has 4 rings (SSSR count). The van der Waals surface area contributed by atoms with E-state index < -0.39 is 0 Å². The van der Waals surface area contributed by atoms with Crippen molar-refractivity contribution in [1.29, 1.82) is 0 Å². The van der Waals surface area contributed by atoms with Crippen molar-refractivity contribution in [3.8, 4) is 28.7 Å². The molecule has 0 saturated heterocycles. The fraction of sp³-hybridized carbons (Fsp3) is 0.273. The molecule has 2 heterocycles. The highest BCUT2D eigenvalue weighted by Gasteiger charge is 2.27. The predicted octanol–water partition coefficient (Wildman–Crippen LogP) is 4.61. The molecule has 0 spiro atoms. The second-order valence-electron chi connectivity index (χ2n) is 7.16. The average Bonchev–Trinajstić information content (AvgIpc) is 2.62. The molecule has 27 heavy (non-hydrogen) atoms. The quantitative estimate of drug-likeness (QED) is 0.830. The first-order valence-electron chi connectivity index (χ1n) is 8.96. The van der Waals surface area contributed by atoms with Gasteiger partial charge in [0, 0.05) is 22.8 Å². The SMILES string of the molecule is CCOc1cc(C2=Cc3ccc4c(c3OC2)C=CC(C)(C)O4)c(O)cc1O. The lowest BCUT2D eigenvalue weighted by atomic mass is 9.95. The summed E-state index contributed by atoms with van der Waals surface area (Å²) in [6.07, 6.45) is 6.02. The molecule has 2 aliphatic rings. The van der Waals surface area contributed by atoms with Crippen molar-refractivity contribution in [2.75, 3.05) is 13.2 Å². The molecule has 0 fully saturated rings. The molecule has 2 N–H and O–H groups in total. The smallest absolute Gasteiger partial charge is 0.161 e. The molecule has 0 aromatic heterocycles. The Hall–Kier alpha value is -3.08.